The van der Waals surface area contributed by atoms with E-state index in [-0.39, 0.29) is 5.91 Å². The number of nitrogens with one attached hydrogen (secondary N) is 1. The van der Waals surface area contributed by atoms with Crippen LogP contribution in [0.4, 0.5) is 5.69 Å². The number of carbonyl (C=O) groups excluding carboxylic acids is 1. The van der Waals surface area contributed by atoms with Gasteiger partial charge < -0.3 is 5.32 Å². The van der Waals surface area contributed by atoms with Gasteiger partial charge in [-0.3, -0.25) is 9.69 Å². The van der Waals surface area contributed by atoms with Gasteiger partial charge in [0.2, 0.25) is 5.91 Å². The minimum absolute atomic E-state index is 0.0219. The number of hydrogen-bond donors (Lipinski definition) is 1. The Hall–Kier alpha value is -1.86. The lowest BCUT2D eigenvalue weighted by atomic mass is 9.92. The maximum atomic E-state index is 12.0. The summed E-state index contributed by atoms with van der Waals surface area (Å²) in [6.07, 6.45) is 4.98. The van der Waals surface area contributed by atoms with E-state index in [0.29, 0.717) is 12.1 Å². The molecule has 0 bridgehead atoms. The van der Waals surface area contributed by atoms with Gasteiger partial charge in [0.1, 0.15) is 0 Å². The maximum Gasteiger partial charge on any atom is 0.238 e. The molecule has 1 amide bonds. The number of nitrogens with zero attached hydrogens (tertiary/aromatic N) is 2. The van der Waals surface area contributed by atoms with Gasteiger partial charge in [0.05, 0.1) is 18.2 Å². The summed E-state index contributed by atoms with van der Waals surface area (Å²) in [6.45, 7) is 4.73. The largest absolute Gasteiger partial charge is 0.325 e. The Morgan fingerprint density at radius 1 is 1.33 bits per heavy atom. The van der Waals surface area contributed by atoms with Gasteiger partial charge >= 0.3 is 0 Å². The molecule has 1 aromatic rings. The Kier molecular flexibility index (Phi) is 5.77. The Bertz CT molecular complexity index is 496. The molecule has 1 saturated heterocycles. The predicted molar refractivity (Wildman–Crippen MR) is 83.9 cm³/mol. The average molecular weight is 285 g/mol. The van der Waals surface area contributed by atoms with Gasteiger partial charge in [-0.25, -0.2) is 0 Å². The van der Waals surface area contributed by atoms with Crippen molar-refractivity contribution >= 4 is 11.6 Å². The summed E-state index contributed by atoms with van der Waals surface area (Å²) < 4.78 is 0. The highest BCUT2D eigenvalue weighted by molar-refractivity contribution is 5.92. The molecule has 112 valence electrons. The van der Waals surface area contributed by atoms with Crippen LogP contribution in [0, 0.1) is 17.2 Å². The number of carbonyl (C=O) groups is 1. The van der Waals surface area contributed by atoms with E-state index in [4.69, 9.17) is 5.26 Å². The fourth-order valence-electron chi connectivity index (χ4n) is 2.87. The molecule has 4 heteroatoms. The second kappa shape index (κ2) is 7.80. The summed E-state index contributed by atoms with van der Waals surface area (Å²) in [5, 5.41) is 11.6. The maximum absolute atomic E-state index is 12.0. The molecular formula is C17H23N3O. The number of rotatable bonds is 5. The first-order chi connectivity index (χ1) is 10.2. The highest BCUT2D eigenvalue weighted by Crippen LogP contribution is 2.21. The second-order valence-electron chi connectivity index (χ2n) is 5.75. The summed E-state index contributed by atoms with van der Waals surface area (Å²) in [6, 6.07) is 9.03. The highest BCUT2D eigenvalue weighted by atomic mass is 16.2. The third-order valence-electron chi connectivity index (χ3n) is 4.07. The Morgan fingerprint density at radius 2 is 2.00 bits per heavy atom. The van der Waals surface area contributed by atoms with Gasteiger partial charge in [-0.05, 0) is 56.1 Å². The van der Waals surface area contributed by atoms with Gasteiger partial charge in [0.25, 0.3) is 0 Å². The lowest BCUT2D eigenvalue weighted by Gasteiger charge is -2.31. The van der Waals surface area contributed by atoms with Crippen LogP contribution >= 0.6 is 0 Å². The van der Waals surface area contributed by atoms with Gasteiger partial charge in [-0.15, -0.1) is 0 Å². The van der Waals surface area contributed by atoms with Crippen LogP contribution in [0.3, 0.4) is 0 Å². The molecule has 1 aromatic carbocycles. The molecule has 1 N–H and O–H groups in total. The molecule has 1 aliphatic heterocycles. The molecule has 1 heterocycles. The molecule has 0 aliphatic carbocycles. The predicted octanol–water partition coefficient (Wildman–Crippen LogP) is 3.01. The third kappa shape index (κ3) is 4.87. The molecule has 0 radical (unpaired) electrons. The number of benzene rings is 1. The highest BCUT2D eigenvalue weighted by Gasteiger charge is 2.20. The minimum atomic E-state index is 0.0219. The van der Waals surface area contributed by atoms with Crippen molar-refractivity contribution in [1.29, 1.82) is 5.26 Å². The van der Waals surface area contributed by atoms with Crippen molar-refractivity contribution < 1.29 is 4.79 Å². The van der Waals surface area contributed by atoms with E-state index in [0.717, 1.165) is 24.7 Å². The van der Waals surface area contributed by atoms with Crippen LogP contribution in [0.1, 0.15) is 38.2 Å². The van der Waals surface area contributed by atoms with Crippen molar-refractivity contribution in [3.63, 3.8) is 0 Å². The molecule has 1 fully saturated rings. The Morgan fingerprint density at radius 3 is 2.57 bits per heavy atom. The van der Waals surface area contributed by atoms with E-state index in [1.807, 2.05) is 0 Å². The Labute approximate surface area is 126 Å². The summed E-state index contributed by atoms with van der Waals surface area (Å²) in [5.74, 6) is 0.862. The molecule has 0 atom stereocenters. The van der Waals surface area contributed by atoms with Crippen LogP contribution < -0.4 is 5.32 Å². The van der Waals surface area contributed by atoms with E-state index < -0.39 is 0 Å². The van der Waals surface area contributed by atoms with E-state index in [9.17, 15) is 4.79 Å². The molecule has 4 nitrogen and oxygen atoms in total. The van der Waals surface area contributed by atoms with Crippen molar-refractivity contribution in [2.45, 2.75) is 32.6 Å². The van der Waals surface area contributed by atoms with Gasteiger partial charge in [-0.1, -0.05) is 19.8 Å². The van der Waals surface area contributed by atoms with Crippen LogP contribution in [0.5, 0.6) is 0 Å². The molecule has 0 spiro atoms. The molecule has 0 saturated carbocycles. The number of nitriles is 1. The van der Waals surface area contributed by atoms with Crippen LogP contribution in [-0.4, -0.2) is 30.4 Å². The summed E-state index contributed by atoms with van der Waals surface area (Å²) in [4.78, 5) is 14.3. The molecule has 21 heavy (non-hydrogen) atoms. The number of likely N-dealkylation sites (tertiary alicyclic amines) is 1. The minimum Gasteiger partial charge on any atom is -0.325 e. The van der Waals surface area contributed by atoms with E-state index in [1.165, 1.54) is 25.7 Å². The van der Waals surface area contributed by atoms with Crippen molar-refractivity contribution in [3.8, 4) is 6.07 Å². The summed E-state index contributed by atoms with van der Waals surface area (Å²) in [5.41, 5.74) is 1.35. The zero-order valence-electron chi connectivity index (χ0n) is 12.6. The quantitative estimate of drug-likeness (QED) is 0.904. The molecular weight excluding hydrogens is 262 g/mol. The van der Waals surface area contributed by atoms with E-state index in [2.05, 4.69) is 23.2 Å². The molecule has 0 aromatic heterocycles. The average Bonchev–Trinajstić information content (AvgIpc) is 2.50. The fourth-order valence-corrected chi connectivity index (χ4v) is 2.87. The zero-order chi connectivity index (χ0) is 15.1. The van der Waals surface area contributed by atoms with Gasteiger partial charge in [-0.2, -0.15) is 5.26 Å². The molecule has 0 unspecified atom stereocenters. The fraction of sp³-hybridized carbons (Fsp3) is 0.529. The second-order valence-corrected chi connectivity index (χ2v) is 5.75. The number of piperidine rings is 1. The van der Waals surface area contributed by atoms with Gasteiger partial charge in [0.15, 0.2) is 0 Å². The van der Waals surface area contributed by atoms with Crippen molar-refractivity contribution in [1.82, 2.24) is 4.90 Å². The lowest BCUT2D eigenvalue weighted by molar-refractivity contribution is -0.117. The van der Waals surface area contributed by atoms with Crippen LogP contribution in [0.15, 0.2) is 24.3 Å². The molecule has 2 rings (SSSR count). The Balaban J connectivity index is 1.76. The topological polar surface area (TPSA) is 56.1 Å². The first-order valence-electron chi connectivity index (χ1n) is 7.73. The summed E-state index contributed by atoms with van der Waals surface area (Å²) in [7, 11) is 0. The first-order valence-corrected chi connectivity index (χ1v) is 7.73. The van der Waals surface area contributed by atoms with Crippen LogP contribution in [0.25, 0.3) is 0 Å². The number of hydrogen-bond acceptors (Lipinski definition) is 3. The van der Waals surface area contributed by atoms with Gasteiger partial charge in [0, 0.05) is 5.69 Å². The van der Waals surface area contributed by atoms with Crippen molar-refractivity contribution in [2.75, 3.05) is 25.0 Å². The standard InChI is InChI=1S/C17H23N3O/c1-2-3-14-8-10-20(11-9-14)13-17(21)19-16-6-4-15(12-18)5-7-16/h4-7,14H,2-3,8-11,13H2,1H3,(H,19,21). The van der Waals surface area contributed by atoms with E-state index >= 15 is 0 Å². The smallest absolute Gasteiger partial charge is 0.238 e. The lowest BCUT2D eigenvalue weighted by Crippen LogP contribution is -2.39. The summed E-state index contributed by atoms with van der Waals surface area (Å²) >= 11 is 0. The zero-order valence-corrected chi connectivity index (χ0v) is 12.6. The third-order valence-corrected chi connectivity index (χ3v) is 4.07. The SMILES string of the molecule is CCCC1CCN(CC(=O)Nc2ccc(C#N)cc2)CC1. The van der Waals surface area contributed by atoms with Crippen molar-refractivity contribution in [3.05, 3.63) is 29.8 Å². The van der Waals surface area contributed by atoms with Crippen molar-refractivity contribution in [2.24, 2.45) is 5.92 Å². The normalized spacial score (nSPS) is 16.4. The van der Waals surface area contributed by atoms with Crippen LogP contribution in [0.2, 0.25) is 0 Å². The number of amides is 1. The molecule has 1 aliphatic rings. The van der Waals surface area contributed by atoms with Crippen LogP contribution in [-0.2, 0) is 4.79 Å². The van der Waals surface area contributed by atoms with E-state index in [1.54, 1.807) is 24.3 Å². The first kappa shape index (κ1) is 15.5. The number of anilines is 1. The monoisotopic (exact) mass is 285 g/mol.